The van der Waals surface area contributed by atoms with E-state index in [9.17, 15) is 28.8 Å². The number of ether oxygens (including phenoxy) is 4. The van der Waals surface area contributed by atoms with Crippen molar-refractivity contribution in [2.24, 2.45) is 0 Å². The highest BCUT2D eigenvalue weighted by molar-refractivity contribution is 7.37. The minimum absolute atomic E-state index is 0.0557. The molecule has 12 nitrogen and oxygen atoms in total. The number of methoxy groups -OCH3 is 1. The molecule has 35 heavy (non-hydrogen) atoms. The average Bonchev–Trinajstić information content (AvgIpc) is 2.76. The van der Waals surface area contributed by atoms with Crippen molar-refractivity contribution in [2.45, 2.75) is 44.9 Å². The molecular weight excluding hydrogens is 532 g/mol. The molecule has 3 unspecified atom stereocenters. The Kier molecular flexibility index (Phi) is 13.5. The lowest BCUT2D eigenvalue weighted by atomic mass is 10.1. The van der Waals surface area contributed by atoms with Crippen LogP contribution in [0.3, 0.4) is 0 Å². The molecule has 0 heterocycles. The standard InChI is InChI=1S/C20H26Cl2NO11P/c1-12(33-17(24)6-3-9-32-16-8-7-13(21)11-14(16)22)34-20(28)23(19(27)31-2)15(18(25)26)5-4-10-35(29)30/h7-8,11-12,15,35H,3-6,9-10H2,1-2H3,(H,25,26)(H,29,30). The maximum absolute atomic E-state index is 12.5. The van der Waals surface area contributed by atoms with Gasteiger partial charge in [0.25, 0.3) is 0 Å². The monoisotopic (exact) mass is 557 g/mol. The summed E-state index contributed by atoms with van der Waals surface area (Å²) in [6.07, 6.45) is -4.65. The minimum atomic E-state index is -2.86. The molecule has 2 amide bonds. The number of benzene rings is 1. The van der Waals surface area contributed by atoms with Crippen molar-refractivity contribution in [1.29, 1.82) is 0 Å². The molecule has 1 aromatic carbocycles. The van der Waals surface area contributed by atoms with Crippen LogP contribution in [-0.4, -0.2) is 71.2 Å². The number of carboxylic acid groups (broad SMARTS) is 1. The lowest BCUT2D eigenvalue weighted by Crippen LogP contribution is -2.49. The highest BCUT2D eigenvalue weighted by Crippen LogP contribution is 2.27. The van der Waals surface area contributed by atoms with Crippen LogP contribution in [0.4, 0.5) is 9.59 Å². The number of carbonyl (C=O) groups excluding carboxylic acids is 3. The number of rotatable bonds is 13. The number of carboxylic acids is 1. The van der Waals surface area contributed by atoms with Crippen molar-refractivity contribution in [2.75, 3.05) is 19.9 Å². The van der Waals surface area contributed by atoms with Gasteiger partial charge in [-0.2, -0.15) is 4.90 Å². The Labute approximate surface area is 211 Å². The Morgan fingerprint density at radius 2 is 1.80 bits per heavy atom. The van der Waals surface area contributed by atoms with Crippen LogP contribution in [0.25, 0.3) is 0 Å². The summed E-state index contributed by atoms with van der Waals surface area (Å²) in [5.74, 6) is -1.92. The summed E-state index contributed by atoms with van der Waals surface area (Å²) in [6, 6.07) is 2.94. The summed E-state index contributed by atoms with van der Waals surface area (Å²) in [7, 11) is -1.93. The van der Waals surface area contributed by atoms with Crippen LogP contribution in [-0.2, 0) is 28.4 Å². The quantitative estimate of drug-likeness (QED) is 0.156. The Bertz CT molecular complexity index is 930. The number of carbonyl (C=O) groups is 4. The number of nitrogens with zero attached hydrogens (tertiary/aromatic N) is 1. The second kappa shape index (κ2) is 15.5. The van der Waals surface area contributed by atoms with Crippen molar-refractivity contribution in [3.8, 4) is 5.75 Å². The molecule has 196 valence electrons. The predicted molar refractivity (Wildman–Crippen MR) is 124 cm³/mol. The van der Waals surface area contributed by atoms with Crippen LogP contribution in [0.1, 0.15) is 32.6 Å². The first-order valence-corrected chi connectivity index (χ1v) is 12.6. The number of aliphatic carboxylic acids is 1. The van der Waals surface area contributed by atoms with Gasteiger partial charge in [-0.25, -0.2) is 14.4 Å². The van der Waals surface area contributed by atoms with Crippen molar-refractivity contribution in [3.63, 3.8) is 0 Å². The number of amides is 2. The van der Waals surface area contributed by atoms with E-state index in [1.165, 1.54) is 13.0 Å². The fourth-order valence-electron chi connectivity index (χ4n) is 2.69. The molecular formula is C20H26Cl2NO11P. The first-order valence-electron chi connectivity index (χ1n) is 10.3. The number of hydrogen-bond donors (Lipinski definition) is 2. The van der Waals surface area contributed by atoms with E-state index in [0.29, 0.717) is 15.8 Å². The topological polar surface area (TPSA) is 166 Å². The van der Waals surface area contributed by atoms with Crippen molar-refractivity contribution < 1.29 is 52.7 Å². The third kappa shape index (κ3) is 11.2. The number of hydrogen-bond acceptors (Lipinski definition) is 9. The molecule has 15 heteroatoms. The number of halogens is 2. The van der Waals surface area contributed by atoms with Crippen molar-refractivity contribution in [3.05, 3.63) is 28.2 Å². The van der Waals surface area contributed by atoms with E-state index in [1.807, 2.05) is 0 Å². The molecule has 0 spiro atoms. The number of esters is 1. The van der Waals surface area contributed by atoms with Crippen LogP contribution in [0.2, 0.25) is 10.0 Å². The lowest BCUT2D eigenvalue weighted by Gasteiger charge is -2.26. The molecule has 0 bridgehead atoms. The van der Waals surface area contributed by atoms with E-state index in [0.717, 1.165) is 7.11 Å². The van der Waals surface area contributed by atoms with Gasteiger partial charge in [-0.15, -0.1) is 0 Å². The summed E-state index contributed by atoms with van der Waals surface area (Å²) in [4.78, 5) is 57.2. The van der Waals surface area contributed by atoms with Gasteiger partial charge < -0.3 is 28.9 Å². The van der Waals surface area contributed by atoms with Crippen LogP contribution in [0, 0.1) is 0 Å². The SMILES string of the molecule is COC(=O)N(C(=O)OC(C)OC(=O)CCCOc1ccc(Cl)cc1Cl)C(CCC[PH](=O)O)C(=O)O. The Balaban J connectivity index is 2.60. The van der Waals surface area contributed by atoms with Crippen LogP contribution in [0.5, 0.6) is 5.75 Å². The minimum Gasteiger partial charge on any atom is -0.492 e. The van der Waals surface area contributed by atoms with E-state index < -0.39 is 44.5 Å². The van der Waals surface area contributed by atoms with E-state index >= 15 is 0 Å². The Morgan fingerprint density at radius 3 is 2.37 bits per heavy atom. The molecule has 1 rings (SSSR count). The van der Waals surface area contributed by atoms with E-state index in [4.69, 9.17) is 42.3 Å². The predicted octanol–water partition coefficient (Wildman–Crippen LogP) is 3.95. The zero-order valence-electron chi connectivity index (χ0n) is 18.9. The van der Waals surface area contributed by atoms with Crippen molar-refractivity contribution in [1.82, 2.24) is 4.90 Å². The summed E-state index contributed by atoms with van der Waals surface area (Å²) >= 11 is 11.8. The lowest BCUT2D eigenvalue weighted by molar-refractivity contribution is -0.167. The molecule has 3 atom stereocenters. The highest BCUT2D eigenvalue weighted by Gasteiger charge is 2.37. The molecule has 0 aromatic heterocycles. The molecule has 1 aromatic rings. The van der Waals surface area contributed by atoms with Gasteiger partial charge in [-0.3, -0.25) is 9.36 Å². The van der Waals surface area contributed by atoms with Gasteiger partial charge in [0, 0.05) is 24.5 Å². The molecule has 0 aliphatic heterocycles. The first kappa shape index (κ1) is 30.5. The van der Waals surface area contributed by atoms with Gasteiger partial charge >= 0.3 is 24.1 Å². The number of imide groups is 1. The fourth-order valence-corrected chi connectivity index (χ4v) is 3.66. The second-order valence-electron chi connectivity index (χ2n) is 6.95. The first-order chi connectivity index (χ1) is 16.5. The molecule has 0 radical (unpaired) electrons. The zero-order valence-corrected chi connectivity index (χ0v) is 21.4. The zero-order chi connectivity index (χ0) is 26.5. The van der Waals surface area contributed by atoms with E-state index in [-0.39, 0.29) is 43.4 Å². The van der Waals surface area contributed by atoms with Gasteiger partial charge in [0.15, 0.2) is 8.03 Å². The van der Waals surface area contributed by atoms with Crippen LogP contribution in [0.15, 0.2) is 18.2 Å². The molecule has 2 N–H and O–H groups in total. The Hall–Kier alpha value is -2.53. The highest BCUT2D eigenvalue weighted by atomic mass is 35.5. The van der Waals surface area contributed by atoms with E-state index in [2.05, 4.69) is 4.74 Å². The summed E-state index contributed by atoms with van der Waals surface area (Å²) in [5, 5.41) is 10.2. The molecule has 0 fully saturated rings. The normalized spacial score (nSPS) is 13.2. The largest absolute Gasteiger partial charge is 0.492 e. The average molecular weight is 558 g/mol. The smallest absolute Gasteiger partial charge is 0.423 e. The third-order valence-corrected chi connectivity index (χ3v) is 5.59. The summed E-state index contributed by atoms with van der Waals surface area (Å²) in [5.41, 5.74) is 0. The van der Waals surface area contributed by atoms with Crippen LogP contribution < -0.4 is 4.74 Å². The maximum atomic E-state index is 12.5. The van der Waals surface area contributed by atoms with Crippen molar-refractivity contribution >= 4 is 55.4 Å². The Morgan fingerprint density at radius 1 is 1.11 bits per heavy atom. The fraction of sp³-hybridized carbons (Fsp3) is 0.500. The molecule has 0 aliphatic rings. The van der Waals surface area contributed by atoms with Gasteiger partial charge in [-0.05, 0) is 37.5 Å². The van der Waals surface area contributed by atoms with E-state index in [1.54, 1.807) is 12.1 Å². The molecule has 0 saturated carbocycles. The second-order valence-corrected chi connectivity index (χ2v) is 9.08. The van der Waals surface area contributed by atoms with Crippen LogP contribution >= 0.6 is 31.2 Å². The maximum Gasteiger partial charge on any atom is 0.423 e. The van der Waals surface area contributed by atoms with Gasteiger partial charge in [0.1, 0.15) is 11.8 Å². The molecule has 0 saturated heterocycles. The van der Waals surface area contributed by atoms with Gasteiger partial charge in [0.05, 0.1) is 18.7 Å². The summed E-state index contributed by atoms with van der Waals surface area (Å²) < 4.78 is 30.6. The van der Waals surface area contributed by atoms with Gasteiger partial charge in [0.2, 0.25) is 6.29 Å². The van der Waals surface area contributed by atoms with Gasteiger partial charge in [-0.1, -0.05) is 23.2 Å². The third-order valence-electron chi connectivity index (χ3n) is 4.27. The molecule has 0 aliphatic carbocycles. The summed E-state index contributed by atoms with van der Waals surface area (Å²) in [6.45, 7) is 1.32.